The maximum atomic E-state index is 12.1. The summed E-state index contributed by atoms with van der Waals surface area (Å²) in [5, 5.41) is 2.91. The smallest absolute Gasteiger partial charge is 0.251 e. The monoisotopic (exact) mass is 263 g/mol. The van der Waals surface area contributed by atoms with Crippen LogP contribution in [0.4, 0.5) is 5.82 Å². The summed E-state index contributed by atoms with van der Waals surface area (Å²) in [7, 11) is 0. The molecule has 1 aliphatic heterocycles. The number of pyridine rings is 1. The third-order valence-corrected chi connectivity index (χ3v) is 3.45. The van der Waals surface area contributed by atoms with Crippen LogP contribution in [0.5, 0.6) is 0 Å². The number of nitrogen functional groups attached to an aromatic ring is 1. The summed E-state index contributed by atoms with van der Waals surface area (Å²) in [6.07, 6.45) is 2.78. The number of anilines is 1. The standard InChI is InChI=1S/C14H21N3O2/c1-3-11-7-10(8-12(15)17-11)13(18)16-9-14(2)5-4-6-19-14/h7-8H,3-6,9H2,1-2H3,(H2,15,17)(H,16,18). The van der Waals surface area contributed by atoms with Gasteiger partial charge in [0.2, 0.25) is 0 Å². The number of aromatic nitrogens is 1. The Morgan fingerprint density at radius 1 is 1.58 bits per heavy atom. The minimum Gasteiger partial charge on any atom is -0.384 e. The van der Waals surface area contributed by atoms with Crippen molar-refractivity contribution in [3.63, 3.8) is 0 Å². The summed E-state index contributed by atoms with van der Waals surface area (Å²) in [5.74, 6) is 0.258. The minimum absolute atomic E-state index is 0.125. The molecule has 5 heteroatoms. The molecule has 2 rings (SSSR count). The second-order valence-electron chi connectivity index (χ2n) is 5.21. The molecular weight excluding hydrogens is 242 g/mol. The molecule has 2 heterocycles. The van der Waals surface area contributed by atoms with E-state index in [4.69, 9.17) is 10.5 Å². The molecule has 5 nitrogen and oxygen atoms in total. The summed E-state index contributed by atoms with van der Waals surface area (Å²) in [5.41, 5.74) is 6.86. The van der Waals surface area contributed by atoms with Crippen molar-refractivity contribution in [2.24, 2.45) is 0 Å². The lowest BCUT2D eigenvalue weighted by Crippen LogP contribution is -2.40. The third-order valence-electron chi connectivity index (χ3n) is 3.45. The molecule has 1 aromatic heterocycles. The summed E-state index contributed by atoms with van der Waals surface area (Å²) in [6, 6.07) is 3.38. The average molecular weight is 263 g/mol. The zero-order chi connectivity index (χ0) is 13.9. The molecule has 0 radical (unpaired) electrons. The molecule has 1 atom stereocenters. The summed E-state index contributed by atoms with van der Waals surface area (Å²) in [6.45, 7) is 5.31. The number of carbonyl (C=O) groups excluding carboxylic acids is 1. The molecule has 1 aliphatic rings. The molecule has 3 N–H and O–H groups in total. The number of aryl methyl sites for hydroxylation is 1. The molecule has 1 fully saturated rings. The Hall–Kier alpha value is -1.62. The van der Waals surface area contributed by atoms with E-state index in [9.17, 15) is 4.79 Å². The number of amides is 1. The predicted molar refractivity (Wildman–Crippen MR) is 74.0 cm³/mol. The number of nitrogens with one attached hydrogen (secondary N) is 1. The first-order chi connectivity index (χ1) is 9.02. The molecule has 104 valence electrons. The van der Waals surface area contributed by atoms with Crippen molar-refractivity contribution in [3.05, 3.63) is 23.4 Å². The Morgan fingerprint density at radius 2 is 2.37 bits per heavy atom. The van der Waals surface area contributed by atoms with Crippen molar-refractivity contribution in [2.45, 2.75) is 38.7 Å². The van der Waals surface area contributed by atoms with Crippen LogP contribution in [0, 0.1) is 0 Å². The fourth-order valence-electron chi connectivity index (χ4n) is 2.27. The van der Waals surface area contributed by atoms with Crippen molar-refractivity contribution in [1.82, 2.24) is 10.3 Å². The van der Waals surface area contributed by atoms with Crippen LogP contribution < -0.4 is 11.1 Å². The molecule has 1 amide bonds. The van der Waals surface area contributed by atoms with Crippen LogP contribution in [-0.2, 0) is 11.2 Å². The maximum absolute atomic E-state index is 12.1. The normalized spacial score (nSPS) is 22.4. The van der Waals surface area contributed by atoms with Gasteiger partial charge in [0.05, 0.1) is 5.60 Å². The number of ether oxygens (including phenoxy) is 1. The van der Waals surface area contributed by atoms with Gasteiger partial charge in [-0.05, 0) is 38.3 Å². The molecule has 0 aliphatic carbocycles. The van der Waals surface area contributed by atoms with Crippen LogP contribution in [0.2, 0.25) is 0 Å². The fourth-order valence-corrected chi connectivity index (χ4v) is 2.27. The zero-order valence-corrected chi connectivity index (χ0v) is 11.5. The first-order valence-corrected chi connectivity index (χ1v) is 6.71. The van der Waals surface area contributed by atoms with Gasteiger partial charge in [0.15, 0.2) is 0 Å². The Balaban J connectivity index is 2.01. The van der Waals surface area contributed by atoms with Crippen LogP contribution >= 0.6 is 0 Å². The van der Waals surface area contributed by atoms with Gasteiger partial charge >= 0.3 is 0 Å². The van der Waals surface area contributed by atoms with Crippen molar-refractivity contribution in [2.75, 3.05) is 18.9 Å². The highest BCUT2D eigenvalue weighted by Crippen LogP contribution is 2.24. The second-order valence-corrected chi connectivity index (χ2v) is 5.21. The third kappa shape index (κ3) is 3.44. The highest BCUT2D eigenvalue weighted by Gasteiger charge is 2.30. The Bertz CT molecular complexity index is 468. The first-order valence-electron chi connectivity index (χ1n) is 6.71. The second kappa shape index (κ2) is 5.57. The molecule has 0 bridgehead atoms. The number of rotatable bonds is 4. The number of carbonyl (C=O) groups is 1. The lowest BCUT2D eigenvalue weighted by molar-refractivity contribution is 0.0206. The van der Waals surface area contributed by atoms with Gasteiger partial charge in [-0.25, -0.2) is 4.98 Å². The van der Waals surface area contributed by atoms with Crippen molar-refractivity contribution >= 4 is 11.7 Å². The van der Waals surface area contributed by atoms with Crippen molar-refractivity contribution in [3.8, 4) is 0 Å². The van der Waals surface area contributed by atoms with E-state index in [0.29, 0.717) is 17.9 Å². The highest BCUT2D eigenvalue weighted by atomic mass is 16.5. The van der Waals surface area contributed by atoms with E-state index in [1.807, 2.05) is 13.8 Å². The summed E-state index contributed by atoms with van der Waals surface area (Å²) < 4.78 is 5.64. The number of nitrogens with two attached hydrogens (primary N) is 1. The van der Waals surface area contributed by atoms with Crippen LogP contribution in [-0.4, -0.2) is 29.6 Å². The number of hydrogen-bond acceptors (Lipinski definition) is 4. The zero-order valence-electron chi connectivity index (χ0n) is 11.5. The molecule has 1 unspecified atom stereocenters. The van der Waals surface area contributed by atoms with Crippen LogP contribution in [0.3, 0.4) is 0 Å². The van der Waals surface area contributed by atoms with E-state index in [1.165, 1.54) is 0 Å². The minimum atomic E-state index is -0.234. The number of nitrogens with zero attached hydrogens (tertiary/aromatic N) is 1. The Kier molecular flexibility index (Phi) is 4.04. The highest BCUT2D eigenvalue weighted by molar-refractivity contribution is 5.94. The number of hydrogen-bond donors (Lipinski definition) is 2. The SMILES string of the molecule is CCc1cc(C(=O)NCC2(C)CCCO2)cc(N)n1. The first kappa shape index (κ1) is 13.8. The maximum Gasteiger partial charge on any atom is 0.251 e. The van der Waals surface area contributed by atoms with Gasteiger partial charge in [0.1, 0.15) is 5.82 Å². The van der Waals surface area contributed by atoms with Gasteiger partial charge in [-0.1, -0.05) is 6.92 Å². The summed E-state index contributed by atoms with van der Waals surface area (Å²) >= 11 is 0. The molecule has 19 heavy (non-hydrogen) atoms. The lowest BCUT2D eigenvalue weighted by atomic mass is 10.0. The lowest BCUT2D eigenvalue weighted by Gasteiger charge is -2.23. The van der Waals surface area contributed by atoms with E-state index in [-0.39, 0.29) is 11.5 Å². The largest absolute Gasteiger partial charge is 0.384 e. The average Bonchev–Trinajstić information content (AvgIpc) is 2.82. The predicted octanol–water partition coefficient (Wildman–Crippen LogP) is 1.53. The summed E-state index contributed by atoms with van der Waals surface area (Å²) in [4.78, 5) is 16.3. The quantitative estimate of drug-likeness (QED) is 0.863. The van der Waals surface area contributed by atoms with Crippen LogP contribution in [0.15, 0.2) is 12.1 Å². The fraction of sp³-hybridized carbons (Fsp3) is 0.571. The van der Waals surface area contributed by atoms with Crippen molar-refractivity contribution < 1.29 is 9.53 Å². The van der Waals surface area contributed by atoms with E-state index in [0.717, 1.165) is 31.6 Å². The van der Waals surface area contributed by atoms with E-state index in [1.54, 1.807) is 12.1 Å². The van der Waals surface area contributed by atoms with Gasteiger partial charge in [-0.15, -0.1) is 0 Å². The van der Waals surface area contributed by atoms with Crippen LogP contribution in [0.25, 0.3) is 0 Å². The Morgan fingerprint density at radius 3 is 3.00 bits per heavy atom. The Labute approximate surface area is 113 Å². The van der Waals surface area contributed by atoms with Gasteiger partial charge in [0.25, 0.3) is 5.91 Å². The van der Waals surface area contributed by atoms with Gasteiger partial charge in [0, 0.05) is 24.4 Å². The topological polar surface area (TPSA) is 77.2 Å². The molecule has 0 spiro atoms. The van der Waals surface area contributed by atoms with Gasteiger partial charge in [-0.2, -0.15) is 0 Å². The molecule has 1 aromatic rings. The molecule has 1 saturated heterocycles. The van der Waals surface area contributed by atoms with E-state index < -0.39 is 0 Å². The van der Waals surface area contributed by atoms with E-state index in [2.05, 4.69) is 10.3 Å². The van der Waals surface area contributed by atoms with Crippen molar-refractivity contribution in [1.29, 1.82) is 0 Å². The molecule has 0 aromatic carbocycles. The molecular formula is C14H21N3O2. The van der Waals surface area contributed by atoms with Gasteiger partial charge < -0.3 is 15.8 Å². The molecule has 0 saturated carbocycles. The van der Waals surface area contributed by atoms with Crippen LogP contribution in [0.1, 0.15) is 42.7 Å². The van der Waals surface area contributed by atoms with Gasteiger partial charge in [-0.3, -0.25) is 4.79 Å². The van der Waals surface area contributed by atoms with E-state index >= 15 is 0 Å².